The van der Waals surface area contributed by atoms with E-state index >= 15 is 0 Å². The van der Waals surface area contributed by atoms with E-state index in [4.69, 9.17) is 13.9 Å². The van der Waals surface area contributed by atoms with Crippen LogP contribution in [0.1, 0.15) is 35.7 Å². The number of ether oxygens (including phenoxy) is 3. The molecule has 0 unspecified atom stereocenters. The first-order valence-electron chi connectivity index (χ1n) is 6.73. The first-order chi connectivity index (χ1) is 9.62. The van der Waals surface area contributed by atoms with E-state index in [-0.39, 0.29) is 12.3 Å². The predicted octanol–water partition coefficient (Wildman–Crippen LogP) is 1.86. The third-order valence-electron chi connectivity index (χ3n) is 2.69. The van der Waals surface area contributed by atoms with Gasteiger partial charge in [0, 0.05) is 19.8 Å². The van der Waals surface area contributed by atoms with E-state index in [1.54, 1.807) is 13.0 Å². The molecule has 0 spiro atoms. The van der Waals surface area contributed by atoms with Gasteiger partial charge in [-0.25, -0.2) is 4.79 Å². The number of carbonyl (C=O) groups excluding carboxylic acids is 1. The first kappa shape index (κ1) is 16.7. The van der Waals surface area contributed by atoms with Crippen LogP contribution in [0.15, 0.2) is 10.5 Å². The average molecular weight is 285 g/mol. The van der Waals surface area contributed by atoms with Crippen molar-refractivity contribution in [3.63, 3.8) is 0 Å². The molecule has 1 aromatic rings. The van der Waals surface area contributed by atoms with Crippen molar-refractivity contribution >= 4 is 5.97 Å². The number of methoxy groups -OCH3 is 1. The molecule has 0 radical (unpaired) electrons. The van der Waals surface area contributed by atoms with Crippen LogP contribution >= 0.6 is 0 Å². The van der Waals surface area contributed by atoms with E-state index in [9.17, 15) is 4.79 Å². The molecule has 1 N–H and O–H groups in total. The molecule has 114 valence electrons. The lowest BCUT2D eigenvalue weighted by Gasteiger charge is -2.16. The minimum absolute atomic E-state index is 0.277. The summed E-state index contributed by atoms with van der Waals surface area (Å²) in [7, 11) is 1.35. The molecule has 20 heavy (non-hydrogen) atoms. The zero-order chi connectivity index (χ0) is 15.0. The Hall–Kier alpha value is -1.37. The van der Waals surface area contributed by atoms with Crippen LogP contribution in [0, 0.1) is 6.92 Å². The molecular weight excluding hydrogens is 262 g/mol. The number of esters is 1. The predicted molar refractivity (Wildman–Crippen MR) is 73.5 cm³/mol. The fourth-order valence-corrected chi connectivity index (χ4v) is 1.79. The monoisotopic (exact) mass is 285 g/mol. The molecule has 6 nitrogen and oxygen atoms in total. The molecule has 0 amide bonds. The second-order valence-corrected chi connectivity index (χ2v) is 4.15. The maximum Gasteiger partial charge on any atom is 0.341 e. The molecule has 0 aromatic carbocycles. The summed E-state index contributed by atoms with van der Waals surface area (Å²) in [6, 6.07) is 1.69. The van der Waals surface area contributed by atoms with Gasteiger partial charge in [0.15, 0.2) is 6.29 Å². The van der Waals surface area contributed by atoms with Crippen LogP contribution < -0.4 is 5.32 Å². The maximum atomic E-state index is 11.5. The largest absolute Gasteiger partial charge is 0.465 e. The molecule has 0 fully saturated rings. The lowest BCUT2D eigenvalue weighted by molar-refractivity contribution is -0.133. The summed E-state index contributed by atoms with van der Waals surface area (Å²) >= 11 is 0. The summed E-state index contributed by atoms with van der Waals surface area (Å²) in [5, 5.41) is 3.17. The van der Waals surface area contributed by atoms with Gasteiger partial charge in [-0.3, -0.25) is 0 Å². The molecule has 0 aliphatic heterocycles. The van der Waals surface area contributed by atoms with Crippen molar-refractivity contribution < 1.29 is 23.4 Å². The maximum absolute atomic E-state index is 11.5. The minimum Gasteiger partial charge on any atom is -0.465 e. The van der Waals surface area contributed by atoms with Crippen molar-refractivity contribution in [1.82, 2.24) is 5.32 Å². The summed E-state index contributed by atoms with van der Waals surface area (Å²) < 4.78 is 21.0. The lowest BCUT2D eigenvalue weighted by Crippen LogP contribution is -2.31. The third-order valence-corrected chi connectivity index (χ3v) is 2.69. The number of furan rings is 1. The molecule has 6 heteroatoms. The van der Waals surface area contributed by atoms with Crippen LogP contribution in [0.4, 0.5) is 0 Å². The van der Waals surface area contributed by atoms with Crippen molar-refractivity contribution in [2.24, 2.45) is 0 Å². The molecule has 0 aliphatic rings. The standard InChI is InChI=1S/C14H23NO5/c1-5-18-13(19-6-2)9-15-8-11-7-12(10(3)20-11)14(16)17-4/h7,13,15H,5-6,8-9H2,1-4H3. The van der Waals surface area contributed by atoms with Crippen molar-refractivity contribution in [2.75, 3.05) is 26.9 Å². The number of rotatable bonds is 9. The van der Waals surface area contributed by atoms with Gasteiger partial charge >= 0.3 is 5.97 Å². The fourth-order valence-electron chi connectivity index (χ4n) is 1.79. The molecule has 0 saturated heterocycles. The van der Waals surface area contributed by atoms with Gasteiger partial charge in [0.25, 0.3) is 0 Å². The van der Waals surface area contributed by atoms with Crippen LogP contribution in [-0.4, -0.2) is 39.1 Å². The fraction of sp³-hybridized carbons (Fsp3) is 0.643. The average Bonchev–Trinajstić information content (AvgIpc) is 2.79. The van der Waals surface area contributed by atoms with Gasteiger partial charge in [0.05, 0.1) is 13.7 Å². The van der Waals surface area contributed by atoms with Gasteiger partial charge < -0.3 is 23.9 Å². The van der Waals surface area contributed by atoms with Crippen molar-refractivity contribution in [1.29, 1.82) is 0 Å². The van der Waals surface area contributed by atoms with E-state index in [0.717, 1.165) is 0 Å². The Balaban J connectivity index is 2.47. The normalized spacial score (nSPS) is 11.1. The summed E-state index contributed by atoms with van der Waals surface area (Å²) in [6.45, 7) is 7.81. The Labute approximate surface area is 119 Å². The SMILES string of the molecule is CCOC(CNCc1cc(C(=O)OC)c(C)o1)OCC. The summed E-state index contributed by atoms with van der Waals surface area (Å²) in [6.07, 6.45) is -0.277. The number of nitrogens with one attached hydrogen (secondary N) is 1. The van der Waals surface area contributed by atoms with Crippen LogP contribution in [0.25, 0.3) is 0 Å². The van der Waals surface area contributed by atoms with E-state index in [2.05, 4.69) is 10.1 Å². The Morgan fingerprint density at radius 1 is 1.35 bits per heavy atom. The number of hydrogen-bond acceptors (Lipinski definition) is 6. The quantitative estimate of drug-likeness (QED) is 0.551. The van der Waals surface area contributed by atoms with Crippen LogP contribution in [0.5, 0.6) is 0 Å². The topological polar surface area (TPSA) is 69.9 Å². The Morgan fingerprint density at radius 3 is 2.55 bits per heavy atom. The highest BCUT2D eigenvalue weighted by Crippen LogP contribution is 2.15. The van der Waals surface area contributed by atoms with Crippen LogP contribution in [0.3, 0.4) is 0 Å². The minimum atomic E-state index is -0.390. The highest BCUT2D eigenvalue weighted by molar-refractivity contribution is 5.90. The van der Waals surface area contributed by atoms with Gasteiger partial charge in [-0.05, 0) is 26.8 Å². The molecule has 0 bridgehead atoms. The summed E-state index contributed by atoms with van der Waals surface area (Å²) in [5.74, 6) is 0.841. The molecule has 0 aliphatic carbocycles. The zero-order valence-electron chi connectivity index (χ0n) is 12.5. The molecule has 0 saturated carbocycles. The van der Waals surface area contributed by atoms with Crippen molar-refractivity contribution in [2.45, 2.75) is 33.6 Å². The molecule has 1 rings (SSSR count). The third kappa shape index (κ3) is 4.96. The van der Waals surface area contributed by atoms with Crippen LogP contribution in [-0.2, 0) is 20.8 Å². The number of carbonyl (C=O) groups is 1. The Bertz CT molecular complexity index is 410. The lowest BCUT2D eigenvalue weighted by atomic mass is 10.2. The van der Waals surface area contributed by atoms with E-state index in [1.807, 2.05) is 13.8 Å². The Morgan fingerprint density at radius 2 is 2.00 bits per heavy atom. The van der Waals surface area contributed by atoms with Crippen molar-refractivity contribution in [3.05, 3.63) is 23.2 Å². The number of hydrogen-bond donors (Lipinski definition) is 1. The first-order valence-corrected chi connectivity index (χ1v) is 6.73. The molecule has 0 atom stereocenters. The second kappa shape index (κ2) is 8.73. The van der Waals surface area contributed by atoms with Gasteiger partial charge in [-0.15, -0.1) is 0 Å². The molecule has 1 heterocycles. The molecule has 1 aromatic heterocycles. The zero-order valence-corrected chi connectivity index (χ0v) is 12.5. The van der Waals surface area contributed by atoms with E-state index < -0.39 is 0 Å². The van der Waals surface area contributed by atoms with E-state index in [0.29, 0.717) is 43.4 Å². The second-order valence-electron chi connectivity index (χ2n) is 4.15. The highest BCUT2D eigenvalue weighted by atomic mass is 16.7. The van der Waals surface area contributed by atoms with Crippen molar-refractivity contribution in [3.8, 4) is 0 Å². The molecular formula is C14H23NO5. The van der Waals surface area contributed by atoms with Gasteiger partial charge in [0.1, 0.15) is 17.1 Å². The van der Waals surface area contributed by atoms with Crippen LogP contribution in [0.2, 0.25) is 0 Å². The number of aryl methyl sites for hydroxylation is 1. The smallest absolute Gasteiger partial charge is 0.341 e. The summed E-state index contributed by atoms with van der Waals surface area (Å²) in [4.78, 5) is 11.5. The van der Waals surface area contributed by atoms with Gasteiger partial charge in [-0.2, -0.15) is 0 Å². The summed E-state index contributed by atoms with van der Waals surface area (Å²) in [5.41, 5.74) is 0.454. The Kier molecular flexibility index (Phi) is 7.28. The van der Waals surface area contributed by atoms with E-state index in [1.165, 1.54) is 7.11 Å². The van der Waals surface area contributed by atoms with Gasteiger partial charge in [-0.1, -0.05) is 0 Å². The van der Waals surface area contributed by atoms with Gasteiger partial charge in [0.2, 0.25) is 0 Å². The highest BCUT2D eigenvalue weighted by Gasteiger charge is 2.15.